The van der Waals surface area contributed by atoms with Crippen molar-refractivity contribution in [1.82, 2.24) is 0 Å². The van der Waals surface area contributed by atoms with Gasteiger partial charge < -0.3 is 24.1 Å². The van der Waals surface area contributed by atoms with Gasteiger partial charge in [0.25, 0.3) is 0 Å². The van der Waals surface area contributed by atoms with Crippen molar-refractivity contribution >= 4 is 12.3 Å². The van der Waals surface area contributed by atoms with E-state index in [2.05, 4.69) is 4.74 Å². The van der Waals surface area contributed by atoms with Crippen molar-refractivity contribution < 1.29 is 33.6 Å². The van der Waals surface area contributed by atoms with Gasteiger partial charge in [0.05, 0.1) is 6.61 Å². The molecule has 0 aliphatic heterocycles. The number of aliphatic hydroxyl groups is 1. The lowest BCUT2D eigenvalue weighted by Crippen LogP contribution is -2.33. The smallest absolute Gasteiger partial charge is 0.432 e. The number of hydrogen-bond acceptors (Lipinski definition) is 7. The fourth-order valence-corrected chi connectivity index (χ4v) is 3.10. The molecule has 0 aromatic rings. The molecule has 0 amide bonds. The molecule has 1 N–H and O–H groups in total. The maximum atomic E-state index is 11.8. The molecule has 7 heteroatoms. The van der Waals surface area contributed by atoms with Gasteiger partial charge in [0.2, 0.25) is 0 Å². The van der Waals surface area contributed by atoms with Crippen molar-refractivity contribution in [1.29, 1.82) is 0 Å². The molecule has 132 valence electrons. The average molecular weight is 330 g/mol. The highest BCUT2D eigenvalue weighted by atomic mass is 16.7. The Hall–Kier alpha value is -1.50. The van der Waals surface area contributed by atoms with Crippen LogP contribution in [0.15, 0.2) is 0 Å². The first-order chi connectivity index (χ1) is 11.2. The molecule has 0 heterocycles. The van der Waals surface area contributed by atoms with Crippen LogP contribution >= 0.6 is 0 Å². The molecule has 0 saturated heterocycles. The minimum absolute atomic E-state index is 0.0275. The van der Waals surface area contributed by atoms with Gasteiger partial charge in [-0.1, -0.05) is 6.42 Å². The van der Waals surface area contributed by atoms with E-state index in [1.807, 2.05) is 0 Å². The summed E-state index contributed by atoms with van der Waals surface area (Å²) in [7, 11) is 0. The van der Waals surface area contributed by atoms with Crippen molar-refractivity contribution in [2.45, 2.75) is 76.1 Å². The number of hydrogen-bond donors (Lipinski definition) is 1. The van der Waals surface area contributed by atoms with E-state index in [4.69, 9.17) is 19.3 Å². The minimum atomic E-state index is -0.797. The fourth-order valence-electron chi connectivity index (χ4n) is 3.10. The van der Waals surface area contributed by atoms with Crippen molar-refractivity contribution in [2.75, 3.05) is 13.2 Å². The quantitative estimate of drug-likeness (QED) is 0.775. The zero-order valence-corrected chi connectivity index (χ0v) is 13.4. The summed E-state index contributed by atoms with van der Waals surface area (Å²) in [5, 5.41) is 8.59. The normalized spacial score (nSPS) is 25.4. The topological polar surface area (TPSA) is 91.3 Å². The molecule has 0 aromatic carbocycles. The Morgan fingerprint density at radius 1 is 0.783 bits per heavy atom. The van der Waals surface area contributed by atoms with E-state index in [1.54, 1.807) is 0 Å². The second-order valence-electron chi connectivity index (χ2n) is 6.10. The highest BCUT2D eigenvalue weighted by molar-refractivity contribution is 5.61. The largest absolute Gasteiger partial charge is 0.508 e. The van der Waals surface area contributed by atoms with Gasteiger partial charge in [-0.15, -0.1) is 0 Å². The third-order valence-corrected chi connectivity index (χ3v) is 4.23. The van der Waals surface area contributed by atoms with E-state index >= 15 is 0 Å². The number of aliphatic hydroxyl groups excluding tert-OH is 1. The SMILES string of the molecule is O=C(OCCO)OC1CCCC(OC(=O)OC2CCCCC2)C1. The standard InChI is InChI=1S/C16H26O7/c17-9-10-20-15(18)22-13-7-4-8-14(11-13)23-16(19)21-12-5-2-1-3-6-12/h12-14,17H,1-11H2. The first-order valence-electron chi connectivity index (χ1n) is 8.49. The van der Waals surface area contributed by atoms with Gasteiger partial charge in [-0.2, -0.15) is 0 Å². The molecule has 2 rings (SSSR count). The molecular weight excluding hydrogens is 304 g/mol. The number of ether oxygens (including phenoxy) is 4. The van der Waals surface area contributed by atoms with Crippen LogP contribution in [0.3, 0.4) is 0 Å². The lowest BCUT2D eigenvalue weighted by Gasteiger charge is -2.29. The van der Waals surface area contributed by atoms with Crippen LogP contribution in [0.2, 0.25) is 0 Å². The summed E-state index contributed by atoms with van der Waals surface area (Å²) >= 11 is 0. The Morgan fingerprint density at radius 2 is 1.35 bits per heavy atom. The molecule has 7 nitrogen and oxygen atoms in total. The first kappa shape index (κ1) is 17.8. The third-order valence-electron chi connectivity index (χ3n) is 4.23. The predicted molar refractivity (Wildman–Crippen MR) is 80.0 cm³/mol. The summed E-state index contributed by atoms with van der Waals surface area (Å²) < 4.78 is 20.5. The molecule has 0 aromatic heterocycles. The first-order valence-corrected chi connectivity index (χ1v) is 8.49. The maximum Gasteiger partial charge on any atom is 0.508 e. The van der Waals surface area contributed by atoms with Crippen molar-refractivity contribution in [3.63, 3.8) is 0 Å². The van der Waals surface area contributed by atoms with Crippen molar-refractivity contribution in [3.8, 4) is 0 Å². The number of carbonyl (C=O) groups excluding carboxylic acids is 2. The average Bonchev–Trinajstić information content (AvgIpc) is 2.54. The molecule has 0 radical (unpaired) electrons. The molecule has 2 fully saturated rings. The molecular formula is C16H26O7. The Labute approximate surface area is 136 Å². The van der Waals surface area contributed by atoms with Crippen LogP contribution in [-0.2, 0) is 18.9 Å². The molecule has 2 aliphatic rings. The van der Waals surface area contributed by atoms with Crippen LogP contribution in [-0.4, -0.2) is 48.9 Å². The number of rotatable bonds is 5. The van der Waals surface area contributed by atoms with Gasteiger partial charge in [0.1, 0.15) is 24.9 Å². The monoisotopic (exact) mass is 330 g/mol. The van der Waals surface area contributed by atoms with E-state index in [1.165, 1.54) is 6.42 Å². The zero-order valence-electron chi connectivity index (χ0n) is 13.4. The summed E-state index contributed by atoms with van der Waals surface area (Å²) in [6.07, 6.45) is 5.83. The van der Waals surface area contributed by atoms with E-state index < -0.39 is 12.3 Å². The molecule has 0 bridgehead atoms. The van der Waals surface area contributed by atoms with Crippen LogP contribution in [0.25, 0.3) is 0 Å². The molecule has 2 unspecified atom stereocenters. The molecule has 0 spiro atoms. The van der Waals surface area contributed by atoms with Gasteiger partial charge >= 0.3 is 12.3 Å². The fraction of sp³-hybridized carbons (Fsp3) is 0.875. The second-order valence-corrected chi connectivity index (χ2v) is 6.10. The lowest BCUT2D eigenvalue weighted by atomic mass is 9.95. The van der Waals surface area contributed by atoms with Gasteiger partial charge in [-0.25, -0.2) is 9.59 Å². The van der Waals surface area contributed by atoms with E-state index in [0.717, 1.165) is 38.5 Å². The van der Waals surface area contributed by atoms with Gasteiger partial charge in [0, 0.05) is 6.42 Å². The van der Waals surface area contributed by atoms with Crippen LogP contribution in [0.4, 0.5) is 9.59 Å². The maximum absolute atomic E-state index is 11.8. The van der Waals surface area contributed by atoms with Crippen molar-refractivity contribution in [2.24, 2.45) is 0 Å². The van der Waals surface area contributed by atoms with Crippen LogP contribution < -0.4 is 0 Å². The molecule has 2 saturated carbocycles. The second kappa shape index (κ2) is 9.60. The third kappa shape index (κ3) is 6.64. The Bertz CT molecular complexity index is 379. The number of carbonyl (C=O) groups is 2. The molecule has 2 atom stereocenters. The van der Waals surface area contributed by atoms with Crippen LogP contribution in [0.1, 0.15) is 57.8 Å². The summed E-state index contributed by atoms with van der Waals surface area (Å²) in [5.41, 5.74) is 0. The summed E-state index contributed by atoms with van der Waals surface area (Å²) in [6, 6.07) is 0. The Balaban J connectivity index is 1.68. The molecule has 23 heavy (non-hydrogen) atoms. The lowest BCUT2D eigenvalue weighted by molar-refractivity contribution is -0.0478. The highest BCUT2D eigenvalue weighted by Crippen LogP contribution is 2.25. The molecule has 2 aliphatic carbocycles. The summed E-state index contributed by atoms with van der Waals surface area (Å²) in [5.74, 6) is 0. The van der Waals surface area contributed by atoms with Crippen LogP contribution in [0, 0.1) is 0 Å². The summed E-state index contributed by atoms with van der Waals surface area (Å²) in [4.78, 5) is 23.2. The van der Waals surface area contributed by atoms with E-state index in [0.29, 0.717) is 12.8 Å². The van der Waals surface area contributed by atoms with Gasteiger partial charge in [-0.05, 0) is 44.9 Å². The minimum Gasteiger partial charge on any atom is -0.432 e. The van der Waals surface area contributed by atoms with Crippen LogP contribution in [0.5, 0.6) is 0 Å². The summed E-state index contributed by atoms with van der Waals surface area (Å²) in [6.45, 7) is -0.322. The van der Waals surface area contributed by atoms with E-state index in [-0.39, 0.29) is 31.5 Å². The Morgan fingerprint density at radius 3 is 2.00 bits per heavy atom. The van der Waals surface area contributed by atoms with Gasteiger partial charge in [0.15, 0.2) is 0 Å². The zero-order chi connectivity index (χ0) is 16.5. The van der Waals surface area contributed by atoms with Crippen molar-refractivity contribution in [3.05, 3.63) is 0 Å². The van der Waals surface area contributed by atoms with Gasteiger partial charge in [-0.3, -0.25) is 0 Å². The Kier molecular flexibility index (Phi) is 7.45. The predicted octanol–water partition coefficient (Wildman–Crippen LogP) is 2.93. The van der Waals surface area contributed by atoms with E-state index in [9.17, 15) is 9.59 Å². The highest BCUT2D eigenvalue weighted by Gasteiger charge is 2.29.